The van der Waals surface area contributed by atoms with Gasteiger partial charge in [0.15, 0.2) is 11.2 Å². The van der Waals surface area contributed by atoms with Crippen LogP contribution in [0.1, 0.15) is 5.82 Å². The van der Waals surface area contributed by atoms with Crippen LogP contribution in [0.2, 0.25) is 0 Å². The molecule has 2 heterocycles. The highest BCUT2D eigenvalue weighted by atomic mass is 16.2. The van der Waals surface area contributed by atoms with Crippen LogP contribution in [0.3, 0.4) is 0 Å². The molecule has 0 saturated heterocycles. The average Bonchev–Trinajstić information content (AvgIpc) is 2.55. The third kappa shape index (κ3) is 1.30. The van der Waals surface area contributed by atoms with E-state index >= 15 is 0 Å². The van der Waals surface area contributed by atoms with Crippen LogP contribution < -0.4 is 11.2 Å². The Hall–Kier alpha value is -2.11. The van der Waals surface area contributed by atoms with Gasteiger partial charge in [0.05, 0.1) is 0 Å². The summed E-state index contributed by atoms with van der Waals surface area (Å²) in [6.07, 6.45) is 2.26. The Morgan fingerprint density at radius 1 is 1.38 bits per heavy atom. The zero-order valence-electron chi connectivity index (χ0n) is 9.15. The van der Waals surface area contributed by atoms with Crippen molar-refractivity contribution in [2.24, 2.45) is 14.1 Å². The summed E-state index contributed by atoms with van der Waals surface area (Å²) < 4.78 is 3.00. The van der Waals surface area contributed by atoms with Crippen LogP contribution in [-0.2, 0) is 20.5 Å². The Balaban J connectivity index is 2.96. The zero-order chi connectivity index (χ0) is 11.9. The second-order valence-corrected chi connectivity index (χ2v) is 3.57. The number of aryl methyl sites for hydroxylation is 2. The van der Waals surface area contributed by atoms with Crippen molar-refractivity contribution >= 4 is 11.2 Å². The zero-order valence-corrected chi connectivity index (χ0v) is 9.15. The highest BCUT2D eigenvalue weighted by Crippen LogP contribution is 2.08. The first-order valence-corrected chi connectivity index (χ1v) is 4.81. The molecule has 0 aromatic carbocycles. The number of imidazole rings is 1. The standard InChI is InChI=1S/C10H12N4O2/c1-4-5-6-11-8-7(13(6)2)9(15)12-10(16)14(8)3/h4H,1,5H2,2-3H3,(H,12,15,16). The van der Waals surface area contributed by atoms with Crippen molar-refractivity contribution in [2.45, 2.75) is 6.42 Å². The molecular formula is C10H12N4O2. The van der Waals surface area contributed by atoms with Crippen molar-refractivity contribution < 1.29 is 0 Å². The van der Waals surface area contributed by atoms with Crippen molar-refractivity contribution in [1.29, 1.82) is 0 Å². The fraction of sp³-hybridized carbons (Fsp3) is 0.300. The van der Waals surface area contributed by atoms with Crippen LogP contribution in [0.15, 0.2) is 22.2 Å². The minimum atomic E-state index is -0.458. The number of hydrogen-bond acceptors (Lipinski definition) is 3. The lowest BCUT2D eigenvalue weighted by Gasteiger charge is -1.98. The predicted octanol–water partition coefficient (Wildman–Crippen LogP) is -0.311. The SMILES string of the molecule is C=CCc1nc2c(c(=O)[nH]c(=O)n2C)n1C. The van der Waals surface area contributed by atoms with Gasteiger partial charge in [-0.2, -0.15) is 0 Å². The molecule has 0 amide bonds. The molecule has 2 rings (SSSR count). The van der Waals surface area contributed by atoms with Gasteiger partial charge in [0.1, 0.15) is 5.82 Å². The van der Waals surface area contributed by atoms with Crippen molar-refractivity contribution in [2.75, 3.05) is 0 Å². The summed E-state index contributed by atoms with van der Waals surface area (Å²) >= 11 is 0. The molecule has 0 atom stereocenters. The lowest BCUT2D eigenvalue weighted by molar-refractivity contribution is 0.829. The van der Waals surface area contributed by atoms with E-state index in [1.807, 2.05) is 0 Å². The lowest BCUT2D eigenvalue weighted by Crippen LogP contribution is -2.29. The number of H-pyrrole nitrogens is 1. The lowest BCUT2D eigenvalue weighted by atomic mass is 10.4. The highest BCUT2D eigenvalue weighted by Gasteiger charge is 2.13. The molecule has 84 valence electrons. The summed E-state index contributed by atoms with van der Waals surface area (Å²) in [5, 5.41) is 0. The van der Waals surface area contributed by atoms with Crippen molar-refractivity contribution in [1.82, 2.24) is 19.1 Å². The fourth-order valence-electron chi connectivity index (χ4n) is 1.67. The van der Waals surface area contributed by atoms with Gasteiger partial charge in [-0.25, -0.2) is 9.78 Å². The number of aromatic nitrogens is 4. The first-order valence-electron chi connectivity index (χ1n) is 4.81. The van der Waals surface area contributed by atoms with E-state index in [0.29, 0.717) is 23.4 Å². The summed E-state index contributed by atoms with van der Waals surface area (Å²) in [5.41, 5.74) is -0.0729. The molecule has 0 unspecified atom stereocenters. The van der Waals surface area contributed by atoms with E-state index in [2.05, 4.69) is 16.5 Å². The first kappa shape index (κ1) is 10.4. The fourth-order valence-corrected chi connectivity index (χ4v) is 1.67. The van der Waals surface area contributed by atoms with Gasteiger partial charge in [-0.1, -0.05) is 6.08 Å². The Kier molecular flexibility index (Phi) is 2.26. The number of nitrogens with zero attached hydrogens (tertiary/aromatic N) is 3. The van der Waals surface area contributed by atoms with Gasteiger partial charge >= 0.3 is 5.69 Å². The largest absolute Gasteiger partial charge is 0.329 e. The summed E-state index contributed by atoms with van der Waals surface area (Å²) in [6, 6.07) is 0. The molecule has 0 aliphatic carbocycles. The molecule has 0 fully saturated rings. The average molecular weight is 220 g/mol. The molecule has 0 saturated carbocycles. The van der Waals surface area contributed by atoms with E-state index in [9.17, 15) is 9.59 Å². The maximum Gasteiger partial charge on any atom is 0.329 e. The molecule has 0 aliphatic rings. The van der Waals surface area contributed by atoms with Crippen LogP contribution in [-0.4, -0.2) is 19.1 Å². The Labute approximate surface area is 90.9 Å². The number of rotatable bonds is 2. The third-order valence-electron chi connectivity index (χ3n) is 2.55. The molecule has 0 bridgehead atoms. The summed E-state index contributed by atoms with van der Waals surface area (Å²) in [6.45, 7) is 3.62. The molecule has 0 radical (unpaired) electrons. The number of aromatic amines is 1. The minimum Gasteiger partial charge on any atom is -0.325 e. The number of allylic oxidation sites excluding steroid dienone is 1. The van der Waals surface area contributed by atoms with Crippen molar-refractivity contribution in [3.05, 3.63) is 39.3 Å². The summed E-state index contributed by atoms with van der Waals surface area (Å²) in [5.74, 6) is 0.705. The molecule has 6 heteroatoms. The smallest absolute Gasteiger partial charge is 0.325 e. The minimum absolute atomic E-state index is 0.396. The first-order chi connectivity index (χ1) is 7.56. The van der Waals surface area contributed by atoms with Crippen molar-refractivity contribution in [3.63, 3.8) is 0 Å². The Morgan fingerprint density at radius 2 is 2.06 bits per heavy atom. The maximum atomic E-state index is 11.6. The van der Waals surface area contributed by atoms with E-state index in [1.54, 1.807) is 24.7 Å². The molecule has 2 aromatic rings. The van der Waals surface area contributed by atoms with Gasteiger partial charge in [0, 0.05) is 20.5 Å². The van der Waals surface area contributed by atoms with Gasteiger partial charge < -0.3 is 4.57 Å². The second-order valence-electron chi connectivity index (χ2n) is 3.57. The van der Waals surface area contributed by atoms with Gasteiger partial charge in [-0.15, -0.1) is 6.58 Å². The third-order valence-corrected chi connectivity index (χ3v) is 2.55. The molecule has 1 N–H and O–H groups in total. The topological polar surface area (TPSA) is 72.7 Å². The monoisotopic (exact) mass is 220 g/mol. The number of hydrogen-bond donors (Lipinski definition) is 1. The van der Waals surface area contributed by atoms with E-state index in [-0.39, 0.29) is 0 Å². The van der Waals surface area contributed by atoms with Gasteiger partial charge in [0.25, 0.3) is 5.56 Å². The van der Waals surface area contributed by atoms with Crippen LogP contribution in [0.25, 0.3) is 11.2 Å². The van der Waals surface area contributed by atoms with Gasteiger partial charge in [-0.05, 0) is 0 Å². The molecule has 0 aliphatic heterocycles. The van der Waals surface area contributed by atoms with Crippen molar-refractivity contribution in [3.8, 4) is 0 Å². The molecule has 6 nitrogen and oxygen atoms in total. The maximum absolute atomic E-state index is 11.6. The summed E-state index contributed by atoms with van der Waals surface area (Å²) in [7, 11) is 3.32. The normalized spacial score (nSPS) is 10.9. The predicted molar refractivity (Wildman–Crippen MR) is 60.5 cm³/mol. The quantitative estimate of drug-likeness (QED) is 0.705. The van der Waals surface area contributed by atoms with E-state index in [4.69, 9.17) is 0 Å². The Morgan fingerprint density at radius 3 is 2.69 bits per heavy atom. The van der Waals surface area contributed by atoms with Gasteiger partial charge in [0.2, 0.25) is 0 Å². The van der Waals surface area contributed by atoms with Crippen LogP contribution >= 0.6 is 0 Å². The van der Waals surface area contributed by atoms with E-state index in [1.165, 1.54) is 4.57 Å². The van der Waals surface area contributed by atoms with E-state index in [0.717, 1.165) is 0 Å². The summed E-state index contributed by atoms with van der Waals surface area (Å²) in [4.78, 5) is 29.5. The van der Waals surface area contributed by atoms with Crippen LogP contribution in [0.4, 0.5) is 0 Å². The molecular weight excluding hydrogens is 208 g/mol. The van der Waals surface area contributed by atoms with Gasteiger partial charge in [-0.3, -0.25) is 14.3 Å². The second kappa shape index (κ2) is 3.48. The van der Waals surface area contributed by atoms with Crippen LogP contribution in [0.5, 0.6) is 0 Å². The Bertz CT molecular complexity index is 674. The molecule has 2 aromatic heterocycles. The number of nitrogens with one attached hydrogen (secondary N) is 1. The van der Waals surface area contributed by atoms with Crippen LogP contribution in [0, 0.1) is 0 Å². The highest BCUT2D eigenvalue weighted by molar-refractivity contribution is 5.70. The number of fused-ring (bicyclic) bond motifs is 1. The molecule has 16 heavy (non-hydrogen) atoms. The van der Waals surface area contributed by atoms with E-state index < -0.39 is 11.2 Å². The molecule has 0 spiro atoms.